The molecule has 0 aromatic heterocycles. The average Bonchev–Trinajstić information content (AvgIpc) is 3.01. The van der Waals surface area contributed by atoms with Gasteiger partial charge >= 0.3 is 0 Å². The Balaban J connectivity index is 1.95. The summed E-state index contributed by atoms with van der Waals surface area (Å²) in [5.41, 5.74) is 4.75. The van der Waals surface area contributed by atoms with Gasteiger partial charge in [0.05, 0.1) is 4.75 Å². The molecular weight excluding hydrogens is 358 g/mol. The Kier molecular flexibility index (Phi) is 6.35. The van der Waals surface area contributed by atoms with Crippen molar-refractivity contribution in [2.75, 3.05) is 32.1 Å². The molecule has 0 spiro atoms. The molecule has 1 heterocycles. The summed E-state index contributed by atoms with van der Waals surface area (Å²) in [5, 5.41) is 3.22. The zero-order chi connectivity index (χ0) is 18.8. The number of carbonyl (C=O) groups excluding carboxylic acids is 3. The van der Waals surface area contributed by atoms with Crippen LogP contribution in [0.4, 0.5) is 0 Å². The monoisotopic (exact) mass is 387 g/mol. The van der Waals surface area contributed by atoms with Crippen LogP contribution in [0.15, 0.2) is 0 Å². The number of nitrogens with two attached hydrogens (primary N) is 1. The molecule has 0 radical (unpaired) electrons. The lowest BCUT2D eigenvalue weighted by atomic mass is 9.78. The number of carbonyl (C=O) groups is 3. The van der Waals surface area contributed by atoms with Gasteiger partial charge in [-0.25, -0.2) is 0 Å². The van der Waals surface area contributed by atoms with Crippen LogP contribution in [0.2, 0.25) is 0 Å². The molecule has 2 rings (SSSR count). The average molecular weight is 388 g/mol. The van der Waals surface area contributed by atoms with E-state index in [0.29, 0.717) is 18.3 Å². The lowest BCUT2D eigenvalue weighted by Gasteiger charge is -2.49. The summed E-state index contributed by atoms with van der Waals surface area (Å²) in [6.45, 7) is 4.47. The summed E-state index contributed by atoms with van der Waals surface area (Å²) in [5.74, 6) is -0.398. The molecule has 1 aliphatic carbocycles. The summed E-state index contributed by atoms with van der Waals surface area (Å²) in [6, 6.07) is 0. The van der Waals surface area contributed by atoms with Crippen molar-refractivity contribution in [2.24, 2.45) is 17.1 Å². The molecular formula is C17H29N3O3S2. The maximum Gasteiger partial charge on any atom is 0.235 e. The predicted molar refractivity (Wildman–Crippen MR) is 103 cm³/mol. The minimum Gasteiger partial charge on any atom is -0.369 e. The van der Waals surface area contributed by atoms with Gasteiger partial charge < -0.3 is 16.0 Å². The number of nitrogens with one attached hydrogen (secondary N) is 1. The molecule has 1 aliphatic heterocycles. The number of likely N-dealkylation sites (tertiary alicyclic amines) is 1. The van der Waals surface area contributed by atoms with E-state index in [1.165, 1.54) is 11.8 Å². The van der Waals surface area contributed by atoms with Crippen LogP contribution >= 0.6 is 23.5 Å². The summed E-state index contributed by atoms with van der Waals surface area (Å²) in [6.07, 6.45) is 6.99. The van der Waals surface area contributed by atoms with Gasteiger partial charge in [-0.1, -0.05) is 6.42 Å². The van der Waals surface area contributed by atoms with Crippen LogP contribution in [-0.4, -0.2) is 64.8 Å². The van der Waals surface area contributed by atoms with E-state index < -0.39 is 16.1 Å². The van der Waals surface area contributed by atoms with E-state index in [1.54, 1.807) is 16.7 Å². The Morgan fingerprint density at radius 3 is 2.40 bits per heavy atom. The van der Waals surface area contributed by atoms with Gasteiger partial charge in [-0.3, -0.25) is 14.4 Å². The fourth-order valence-electron chi connectivity index (χ4n) is 3.48. The first-order valence-corrected chi connectivity index (χ1v) is 11.1. The zero-order valence-corrected chi connectivity index (χ0v) is 17.1. The standard InChI is InChI=1S/C17H29N3O3S2/c1-16(2,25-4)15(23)19-8-17(14(18)22)9-20(10-17)13(21)11-6-5-7-12(11)24-3/h11-12H,5-10H2,1-4H3,(H2,18,22)(H,19,23). The Hall–Kier alpha value is -0.890. The Labute approximate surface area is 158 Å². The van der Waals surface area contributed by atoms with Crippen LogP contribution in [0, 0.1) is 11.3 Å². The van der Waals surface area contributed by atoms with Gasteiger partial charge in [0.15, 0.2) is 0 Å². The molecule has 142 valence electrons. The van der Waals surface area contributed by atoms with Gasteiger partial charge in [0.25, 0.3) is 0 Å². The number of thioether (sulfide) groups is 2. The molecule has 0 aromatic rings. The molecule has 6 nitrogen and oxygen atoms in total. The smallest absolute Gasteiger partial charge is 0.235 e. The van der Waals surface area contributed by atoms with Crippen molar-refractivity contribution in [3.05, 3.63) is 0 Å². The van der Waals surface area contributed by atoms with Crippen molar-refractivity contribution in [1.82, 2.24) is 10.2 Å². The number of hydrogen-bond donors (Lipinski definition) is 2. The molecule has 1 saturated heterocycles. The van der Waals surface area contributed by atoms with Gasteiger partial charge in [0, 0.05) is 30.8 Å². The Morgan fingerprint density at radius 2 is 1.88 bits per heavy atom. The van der Waals surface area contributed by atoms with E-state index in [4.69, 9.17) is 5.73 Å². The molecule has 3 N–H and O–H groups in total. The number of rotatable bonds is 7. The van der Waals surface area contributed by atoms with Gasteiger partial charge in [0.1, 0.15) is 5.41 Å². The van der Waals surface area contributed by atoms with E-state index in [-0.39, 0.29) is 24.3 Å². The third-order valence-electron chi connectivity index (χ3n) is 5.54. The molecule has 1 saturated carbocycles. The first kappa shape index (κ1) is 20.4. The fraction of sp³-hybridized carbons (Fsp3) is 0.824. The Morgan fingerprint density at radius 1 is 1.24 bits per heavy atom. The zero-order valence-electron chi connectivity index (χ0n) is 15.5. The minimum absolute atomic E-state index is 0.0471. The third kappa shape index (κ3) is 4.10. The fourth-order valence-corrected chi connectivity index (χ4v) is 4.72. The first-order chi connectivity index (χ1) is 11.7. The maximum atomic E-state index is 12.7. The van der Waals surface area contributed by atoms with Crippen molar-refractivity contribution in [3.63, 3.8) is 0 Å². The highest BCUT2D eigenvalue weighted by molar-refractivity contribution is 8.00. The van der Waals surface area contributed by atoms with Crippen LogP contribution < -0.4 is 11.1 Å². The first-order valence-electron chi connectivity index (χ1n) is 8.62. The van der Waals surface area contributed by atoms with Crippen molar-refractivity contribution >= 4 is 41.2 Å². The highest BCUT2D eigenvalue weighted by Crippen LogP contribution is 2.38. The van der Waals surface area contributed by atoms with E-state index >= 15 is 0 Å². The topological polar surface area (TPSA) is 92.5 Å². The molecule has 2 aliphatic rings. The Bertz CT molecular complexity index is 547. The molecule has 0 bridgehead atoms. The lowest BCUT2D eigenvalue weighted by molar-refractivity contribution is -0.154. The number of nitrogens with zero attached hydrogens (tertiary/aromatic N) is 1. The van der Waals surface area contributed by atoms with Crippen molar-refractivity contribution in [1.29, 1.82) is 0 Å². The van der Waals surface area contributed by atoms with Crippen LogP contribution in [-0.2, 0) is 14.4 Å². The SMILES string of the molecule is CSC1CCCC1C(=O)N1CC(CNC(=O)C(C)(C)SC)(C(N)=O)C1. The van der Waals surface area contributed by atoms with Gasteiger partial charge in [-0.05, 0) is 39.2 Å². The van der Waals surface area contributed by atoms with Crippen LogP contribution in [0.1, 0.15) is 33.1 Å². The minimum atomic E-state index is -0.840. The van der Waals surface area contributed by atoms with E-state index in [1.807, 2.05) is 26.4 Å². The molecule has 2 fully saturated rings. The van der Waals surface area contributed by atoms with Crippen molar-refractivity contribution in [3.8, 4) is 0 Å². The van der Waals surface area contributed by atoms with Crippen molar-refractivity contribution < 1.29 is 14.4 Å². The highest BCUT2D eigenvalue weighted by Gasteiger charge is 2.52. The van der Waals surface area contributed by atoms with Gasteiger partial charge in [0.2, 0.25) is 17.7 Å². The lowest BCUT2D eigenvalue weighted by Crippen LogP contribution is -2.69. The summed E-state index contributed by atoms with van der Waals surface area (Å²) < 4.78 is -0.562. The number of hydrogen-bond acceptors (Lipinski definition) is 5. The highest BCUT2D eigenvalue weighted by atomic mass is 32.2. The van der Waals surface area contributed by atoms with Crippen LogP contribution in [0.25, 0.3) is 0 Å². The summed E-state index contributed by atoms with van der Waals surface area (Å²) >= 11 is 3.20. The molecule has 3 amide bonds. The van der Waals surface area contributed by atoms with Gasteiger partial charge in [-0.2, -0.15) is 11.8 Å². The second-order valence-electron chi connectivity index (χ2n) is 7.55. The molecule has 25 heavy (non-hydrogen) atoms. The van der Waals surface area contributed by atoms with E-state index in [9.17, 15) is 14.4 Å². The van der Waals surface area contributed by atoms with Crippen LogP contribution in [0.5, 0.6) is 0 Å². The summed E-state index contributed by atoms with van der Waals surface area (Å²) in [4.78, 5) is 38.7. The predicted octanol–water partition coefficient (Wildman–Crippen LogP) is 1.09. The largest absolute Gasteiger partial charge is 0.369 e. The quantitative estimate of drug-likeness (QED) is 0.682. The molecule has 8 heteroatoms. The second-order valence-corrected chi connectivity index (χ2v) is 10.1. The second kappa shape index (κ2) is 7.78. The summed E-state index contributed by atoms with van der Waals surface area (Å²) in [7, 11) is 0. The van der Waals surface area contributed by atoms with Crippen LogP contribution in [0.3, 0.4) is 0 Å². The third-order valence-corrected chi connectivity index (χ3v) is 7.91. The van der Waals surface area contributed by atoms with E-state index in [2.05, 4.69) is 5.32 Å². The maximum absolute atomic E-state index is 12.7. The normalized spacial score (nSPS) is 25.4. The molecule has 0 aromatic carbocycles. The van der Waals surface area contributed by atoms with E-state index in [0.717, 1.165) is 19.3 Å². The number of amides is 3. The molecule has 2 unspecified atom stereocenters. The number of primary amides is 1. The van der Waals surface area contributed by atoms with Gasteiger partial charge in [-0.15, -0.1) is 11.8 Å². The van der Waals surface area contributed by atoms with Crippen molar-refractivity contribution in [2.45, 2.75) is 43.1 Å². The molecule has 2 atom stereocenters.